The second kappa shape index (κ2) is 14.1. The van der Waals surface area contributed by atoms with E-state index in [-0.39, 0.29) is 24.6 Å². The number of amides is 1. The Hall–Kier alpha value is -3.73. The minimum atomic E-state index is -0.0266. The van der Waals surface area contributed by atoms with Crippen LogP contribution in [0.3, 0.4) is 0 Å². The number of likely N-dealkylation sites (tertiary alicyclic amines) is 1. The summed E-state index contributed by atoms with van der Waals surface area (Å²) >= 11 is 0. The first-order valence-electron chi connectivity index (χ1n) is 14.6. The lowest BCUT2D eigenvalue weighted by molar-refractivity contribution is -0.133. The lowest BCUT2D eigenvalue weighted by Gasteiger charge is -2.33. The van der Waals surface area contributed by atoms with E-state index in [0.29, 0.717) is 6.42 Å². The van der Waals surface area contributed by atoms with Crippen molar-refractivity contribution in [1.29, 1.82) is 0 Å². The SMILES string of the molecule is O=C(CC[C@@H](Cc1ccc(-c2ccccc2)cc1)N(Cc1ccccc1)Cc1ccccc1)N1CCC[C@@H]1CO. The summed E-state index contributed by atoms with van der Waals surface area (Å²) in [5.74, 6) is 0.167. The maximum Gasteiger partial charge on any atom is 0.222 e. The van der Waals surface area contributed by atoms with Gasteiger partial charge in [-0.3, -0.25) is 9.69 Å². The second-order valence-electron chi connectivity index (χ2n) is 10.9. The summed E-state index contributed by atoms with van der Waals surface area (Å²) in [6.07, 6.45) is 4.00. The molecule has 1 aliphatic heterocycles. The molecule has 4 heteroatoms. The predicted octanol–water partition coefficient (Wildman–Crippen LogP) is 6.73. The maximum absolute atomic E-state index is 13.3. The van der Waals surface area contributed by atoms with E-state index in [9.17, 15) is 9.90 Å². The van der Waals surface area contributed by atoms with Gasteiger partial charge in [0, 0.05) is 32.1 Å². The van der Waals surface area contributed by atoms with Gasteiger partial charge in [0.05, 0.1) is 12.6 Å². The lowest BCUT2D eigenvalue weighted by atomic mass is 9.96. The van der Waals surface area contributed by atoms with Crippen molar-refractivity contribution in [1.82, 2.24) is 9.80 Å². The molecular formula is C36H40N2O2. The van der Waals surface area contributed by atoms with E-state index >= 15 is 0 Å². The number of hydrogen-bond donors (Lipinski definition) is 1. The van der Waals surface area contributed by atoms with Gasteiger partial charge in [0.2, 0.25) is 5.91 Å². The van der Waals surface area contributed by atoms with Gasteiger partial charge in [-0.1, -0.05) is 115 Å². The minimum Gasteiger partial charge on any atom is -0.394 e. The normalized spacial score (nSPS) is 15.8. The Morgan fingerprint density at radius 3 is 1.88 bits per heavy atom. The van der Waals surface area contributed by atoms with Crippen molar-refractivity contribution in [2.24, 2.45) is 0 Å². The van der Waals surface area contributed by atoms with Crippen molar-refractivity contribution in [3.8, 4) is 11.1 Å². The van der Waals surface area contributed by atoms with Crippen LogP contribution in [0.25, 0.3) is 11.1 Å². The number of rotatable bonds is 12. The van der Waals surface area contributed by atoms with Crippen LogP contribution in [0, 0.1) is 0 Å². The zero-order chi connectivity index (χ0) is 27.6. The van der Waals surface area contributed by atoms with Gasteiger partial charge in [0.25, 0.3) is 0 Å². The van der Waals surface area contributed by atoms with Gasteiger partial charge in [-0.15, -0.1) is 0 Å². The molecule has 1 N–H and O–H groups in total. The number of carbonyl (C=O) groups is 1. The third kappa shape index (κ3) is 7.47. The van der Waals surface area contributed by atoms with Crippen molar-refractivity contribution in [3.05, 3.63) is 132 Å². The first-order valence-corrected chi connectivity index (χ1v) is 14.6. The van der Waals surface area contributed by atoms with Gasteiger partial charge in [-0.05, 0) is 53.5 Å². The molecule has 5 rings (SSSR count). The standard InChI is InChI=1S/C36H40N2O2/c39-28-35-17-10-24-38(35)36(40)23-22-34(25-29-18-20-33(21-19-29)32-15-8-3-9-16-32)37(26-30-11-4-1-5-12-30)27-31-13-6-2-7-14-31/h1-9,11-16,18-21,34-35,39H,10,17,22-28H2/t34-,35+/m0/s1. The summed E-state index contributed by atoms with van der Waals surface area (Å²) < 4.78 is 0. The van der Waals surface area contributed by atoms with Crippen LogP contribution in [0.15, 0.2) is 115 Å². The molecule has 1 saturated heterocycles. The van der Waals surface area contributed by atoms with Crippen molar-refractivity contribution in [2.45, 2.75) is 57.3 Å². The van der Waals surface area contributed by atoms with Crippen LogP contribution in [-0.4, -0.2) is 46.0 Å². The number of benzene rings is 4. The van der Waals surface area contributed by atoms with Gasteiger partial charge < -0.3 is 10.0 Å². The molecule has 4 aromatic rings. The van der Waals surface area contributed by atoms with Gasteiger partial charge >= 0.3 is 0 Å². The summed E-state index contributed by atoms with van der Waals surface area (Å²) in [7, 11) is 0. The summed E-state index contributed by atoms with van der Waals surface area (Å²) in [6.45, 7) is 2.45. The van der Waals surface area contributed by atoms with Crippen molar-refractivity contribution in [3.63, 3.8) is 0 Å². The van der Waals surface area contributed by atoms with E-state index < -0.39 is 0 Å². The highest BCUT2D eigenvalue weighted by Gasteiger charge is 2.29. The predicted molar refractivity (Wildman–Crippen MR) is 163 cm³/mol. The molecule has 4 nitrogen and oxygen atoms in total. The van der Waals surface area contributed by atoms with E-state index in [1.54, 1.807) is 0 Å². The third-order valence-electron chi connectivity index (χ3n) is 8.11. The molecular weight excluding hydrogens is 492 g/mol. The summed E-state index contributed by atoms with van der Waals surface area (Å²) in [5, 5.41) is 9.78. The van der Waals surface area contributed by atoms with Crippen LogP contribution in [0.5, 0.6) is 0 Å². The molecule has 4 aromatic carbocycles. The smallest absolute Gasteiger partial charge is 0.222 e. The highest BCUT2D eigenvalue weighted by Crippen LogP contribution is 2.25. The van der Waals surface area contributed by atoms with E-state index in [1.165, 1.54) is 27.8 Å². The average molecular weight is 533 g/mol. The molecule has 206 valence electrons. The fourth-order valence-corrected chi connectivity index (χ4v) is 5.89. The first-order chi connectivity index (χ1) is 19.7. The summed E-state index contributed by atoms with van der Waals surface area (Å²) in [5.41, 5.74) is 6.25. The molecule has 0 aliphatic carbocycles. The fourth-order valence-electron chi connectivity index (χ4n) is 5.89. The van der Waals surface area contributed by atoms with Crippen molar-refractivity contribution in [2.75, 3.05) is 13.2 Å². The van der Waals surface area contributed by atoms with Crippen molar-refractivity contribution < 1.29 is 9.90 Å². The average Bonchev–Trinajstić information content (AvgIpc) is 3.50. The summed E-state index contributed by atoms with van der Waals surface area (Å²) in [6, 6.07) is 40.8. The number of carbonyl (C=O) groups excluding carboxylic acids is 1. The minimum absolute atomic E-state index is 0.0266. The van der Waals surface area contributed by atoms with Crippen LogP contribution in [0.1, 0.15) is 42.4 Å². The Morgan fingerprint density at radius 2 is 1.30 bits per heavy atom. The maximum atomic E-state index is 13.3. The second-order valence-corrected chi connectivity index (χ2v) is 10.9. The lowest BCUT2D eigenvalue weighted by Crippen LogP contribution is -2.40. The number of aliphatic hydroxyl groups is 1. The van der Waals surface area contributed by atoms with E-state index in [2.05, 4.69) is 114 Å². The molecule has 0 radical (unpaired) electrons. The fraction of sp³-hybridized carbons (Fsp3) is 0.306. The molecule has 1 aliphatic rings. The third-order valence-corrected chi connectivity index (χ3v) is 8.11. The van der Waals surface area contributed by atoms with Gasteiger partial charge in [0.15, 0.2) is 0 Å². The highest BCUT2D eigenvalue weighted by atomic mass is 16.3. The number of hydrogen-bond acceptors (Lipinski definition) is 3. The Balaban J connectivity index is 1.39. The molecule has 0 spiro atoms. The van der Waals surface area contributed by atoms with E-state index in [1.807, 2.05) is 11.0 Å². The topological polar surface area (TPSA) is 43.8 Å². The zero-order valence-corrected chi connectivity index (χ0v) is 23.2. The number of aliphatic hydroxyl groups excluding tert-OH is 1. The molecule has 0 saturated carbocycles. The molecule has 0 unspecified atom stereocenters. The first kappa shape index (κ1) is 27.8. The largest absolute Gasteiger partial charge is 0.394 e. The number of nitrogens with zero attached hydrogens (tertiary/aromatic N) is 2. The van der Waals surface area contributed by atoms with Crippen LogP contribution in [0.2, 0.25) is 0 Å². The molecule has 1 heterocycles. The highest BCUT2D eigenvalue weighted by molar-refractivity contribution is 5.76. The van der Waals surface area contributed by atoms with Gasteiger partial charge in [-0.25, -0.2) is 0 Å². The molecule has 1 fully saturated rings. The zero-order valence-electron chi connectivity index (χ0n) is 23.2. The van der Waals surface area contributed by atoms with Crippen LogP contribution >= 0.6 is 0 Å². The molecule has 40 heavy (non-hydrogen) atoms. The van der Waals surface area contributed by atoms with Crippen LogP contribution in [-0.2, 0) is 24.3 Å². The summed E-state index contributed by atoms with van der Waals surface area (Å²) in [4.78, 5) is 17.8. The Kier molecular flexibility index (Phi) is 9.78. The van der Waals surface area contributed by atoms with Crippen LogP contribution < -0.4 is 0 Å². The van der Waals surface area contributed by atoms with Gasteiger partial charge in [-0.2, -0.15) is 0 Å². The Bertz CT molecular complexity index is 1270. The molecule has 1 amide bonds. The molecule has 0 aromatic heterocycles. The van der Waals surface area contributed by atoms with Gasteiger partial charge in [0.1, 0.15) is 0 Å². The van der Waals surface area contributed by atoms with E-state index in [0.717, 1.165) is 45.3 Å². The molecule has 2 atom stereocenters. The quantitative estimate of drug-likeness (QED) is 0.220. The monoisotopic (exact) mass is 532 g/mol. The Labute approximate surface area is 238 Å². The Morgan fingerprint density at radius 1 is 0.750 bits per heavy atom. The van der Waals surface area contributed by atoms with E-state index in [4.69, 9.17) is 0 Å². The van der Waals surface area contributed by atoms with Crippen molar-refractivity contribution >= 4 is 5.91 Å². The van der Waals surface area contributed by atoms with Crippen LogP contribution in [0.4, 0.5) is 0 Å². The molecule has 0 bridgehead atoms.